The minimum Gasteiger partial charge on any atom is -0.489 e. The monoisotopic (exact) mass is 304 g/mol. The quantitative estimate of drug-likeness (QED) is 0.670. The highest BCUT2D eigenvalue weighted by molar-refractivity contribution is 5.92. The average Bonchev–Trinajstić information content (AvgIpc) is 2.47. The summed E-state index contributed by atoms with van der Waals surface area (Å²) in [4.78, 5) is 14.3. The third-order valence-corrected chi connectivity index (χ3v) is 3.07. The van der Waals surface area contributed by atoms with Crippen LogP contribution in [0.5, 0.6) is 5.75 Å². The highest BCUT2D eigenvalue weighted by Gasteiger charge is 2.09. The van der Waals surface area contributed by atoms with Gasteiger partial charge in [0.1, 0.15) is 12.4 Å². The van der Waals surface area contributed by atoms with Crippen molar-refractivity contribution in [2.24, 2.45) is 0 Å². The van der Waals surface area contributed by atoms with Gasteiger partial charge < -0.3 is 10.1 Å². The summed E-state index contributed by atoms with van der Waals surface area (Å²) in [5.74, 6) is 0.803. The first-order chi connectivity index (χ1) is 10.5. The average molecular weight is 304 g/mol. The van der Waals surface area contributed by atoms with Crippen LogP contribution in [0.15, 0.2) is 36.4 Å². The zero-order chi connectivity index (χ0) is 16.4. The molecule has 0 saturated heterocycles. The van der Waals surface area contributed by atoms with Crippen LogP contribution in [0.3, 0.4) is 0 Å². The summed E-state index contributed by atoms with van der Waals surface area (Å²) in [6.07, 6.45) is 2.12. The maximum Gasteiger partial charge on any atom is 0.238 e. The van der Waals surface area contributed by atoms with E-state index in [9.17, 15) is 4.79 Å². The van der Waals surface area contributed by atoms with Crippen molar-refractivity contribution in [1.29, 1.82) is 0 Å². The van der Waals surface area contributed by atoms with E-state index in [1.165, 1.54) is 0 Å². The number of benzene rings is 1. The summed E-state index contributed by atoms with van der Waals surface area (Å²) in [5, 5.41) is 2.93. The van der Waals surface area contributed by atoms with Gasteiger partial charge in [-0.2, -0.15) is 0 Å². The van der Waals surface area contributed by atoms with Crippen molar-refractivity contribution in [3.05, 3.63) is 36.4 Å². The molecule has 1 aromatic carbocycles. The van der Waals surface area contributed by atoms with Crippen LogP contribution >= 0.6 is 0 Å². The molecule has 4 heteroatoms. The number of carbonyl (C=O) groups excluding carboxylic acids is 1. The van der Waals surface area contributed by atoms with Gasteiger partial charge in [-0.05, 0) is 62.7 Å². The van der Waals surface area contributed by atoms with Gasteiger partial charge in [-0.1, -0.05) is 20.4 Å². The second kappa shape index (κ2) is 10.0. The summed E-state index contributed by atoms with van der Waals surface area (Å²) in [7, 11) is 0. The van der Waals surface area contributed by atoms with Crippen LogP contribution in [0.1, 0.15) is 33.6 Å². The molecule has 1 amide bonds. The number of nitrogens with one attached hydrogen (secondary N) is 1. The summed E-state index contributed by atoms with van der Waals surface area (Å²) in [5.41, 5.74) is 1.77. The number of carbonyl (C=O) groups is 1. The molecule has 0 bridgehead atoms. The fraction of sp³-hybridized carbons (Fsp3) is 0.500. The molecule has 0 aliphatic rings. The number of nitrogens with zero attached hydrogens (tertiary/aromatic N) is 1. The van der Waals surface area contributed by atoms with Gasteiger partial charge in [-0.3, -0.25) is 9.69 Å². The topological polar surface area (TPSA) is 41.6 Å². The molecule has 22 heavy (non-hydrogen) atoms. The smallest absolute Gasteiger partial charge is 0.238 e. The van der Waals surface area contributed by atoms with Gasteiger partial charge in [0.25, 0.3) is 0 Å². The second-order valence-corrected chi connectivity index (χ2v) is 5.59. The standard InChI is InChI=1S/C18H28N2O2/c1-5-11-20(12-6-2)13-18(21)19-16-7-9-17(10-8-16)22-14-15(3)4/h7-10H,3,5-6,11-14H2,1-2,4H3,(H,19,21). The van der Waals surface area contributed by atoms with Gasteiger partial charge in [0, 0.05) is 5.69 Å². The maximum atomic E-state index is 12.1. The molecule has 0 unspecified atom stereocenters. The van der Waals surface area contributed by atoms with Crippen LogP contribution in [-0.2, 0) is 4.79 Å². The van der Waals surface area contributed by atoms with E-state index in [-0.39, 0.29) is 5.91 Å². The molecule has 0 aliphatic carbocycles. The SMILES string of the molecule is C=C(C)COc1ccc(NC(=O)CN(CCC)CCC)cc1. The molecule has 0 fully saturated rings. The van der Waals surface area contributed by atoms with E-state index in [0.29, 0.717) is 13.2 Å². The molecule has 122 valence electrons. The molecule has 0 atom stereocenters. The minimum absolute atomic E-state index is 0.0255. The highest BCUT2D eigenvalue weighted by atomic mass is 16.5. The van der Waals surface area contributed by atoms with Crippen molar-refractivity contribution >= 4 is 11.6 Å². The number of amides is 1. The van der Waals surface area contributed by atoms with Crippen LogP contribution in [0, 0.1) is 0 Å². The first-order valence-corrected chi connectivity index (χ1v) is 7.94. The molecule has 0 radical (unpaired) electrons. The van der Waals surface area contributed by atoms with Crippen molar-refractivity contribution in [3.63, 3.8) is 0 Å². The number of ether oxygens (including phenoxy) is 1. The van der Waals surface area contributed by atoms with Gasteiger partial charge in [0.05, 0.1) is 6.54 Å². The summed E-state index contributed by atoms with van der Waals surface area (Å²) < 4.78 is 5.54. The van der Waals surface area contributed by atoms with Crippen molar-refractivity contribution in [3.8, 4) is 5.75 Å². The Kier molecular flexibility index (Phi) is 8.30. The minimum atomic E-state index is 0.0255. The first-order valence-electron chi connectivity index (χ1n) is 7.94. The van der Waals surface area contributed by atoms with E-state index < -0.39 is 0 Å². The number of hydrogen-bond donors (Lipinski definition) is 1. The van der Waals surface area contributed by atoms with Crippen molar-refractivity contribution in [1.82, 2.24) is 4.90 Å². The Bertz CT molecular complexity index is 462. The lowest BCUT2D eigenvalue weighted by molar-refractivity contribution is -0.117. The van der Waals surface area contributed by atoms with E-state index in [4.69, 9.17) is 4.74 Å². The Morgan fingerprint density at radius 3 is 2.27 bits per heavy atom. The molecule has 0 heterocycles. The van der Waals surface area contributed by atoms with Crippen molar-refractivity contribution in [2.75, 3.05) is 31.6 Å². The molecule has 4 nitrogen and oxygen atoms in total. The summed E-state index contributed by atoms with van der Waals surface area (Å²) >= 11 is 0. The van der Waals surface area contributed by atoms with Crippen LogP contribution in [0.25, 0.3) is 0 Å². The Balaban J connectivity index is 2.48. The largest absolute Gasteiger partial charge is 0.489 e. The first kappa shape index (κ1) is 18.2. The van der Waals surface area contributed by atoms with Crippen molar-refractivity contribution < 1.29 is 9.53 Å². The fourth-order valence-electron chi connectivity index (χ4n) is 2.15. The molecule has 1 N–H and O–H groups in total. The van der Waals surface area contributed by atoms with E-state index >= 15 is 0 Å². The lowest BCUT2D eigenvalue weighted by Crippen LogP contribution is -2.34. The maximum absolute atomic E-state index is 12.1. The fourth-order valence-corrected chi connectivity index (χ4v) is 2.15. The number of anilines is 1. The number of hydrogen-bond acceptors (Lipinski definition) is 3. The Morgan fingerprint density at radius 1 is 1.18 bits per heavy atom. The molecular weight excluding hydrogens is 276 g/mol. The summed E-state index contributed by atoms with van der Waals surface area (Å²) in [6.45, 7) is 12.8. The molecule has 1 aromatic rings. The predicted octanol–water partition coefficient (Wildman–Crippen LogP) is 3.70. The van der Waals surface area contributed by atoms with E-state index in [0.717, 1.165) is 42.9 Å². The highest BCUT2D eigenvalue weighted by Crippen LogP contribution is 2.16. The predicted molar refractivity (Wildman–Crippen MR) is 92.4 cm³/mol. The Hall–Kier alpha value is -1.81. The van der Waals surface area contributed by atoms with Crippen LogP contribution < -0.4 is 10.1 Å². The van der Waals surface area contributed by atoms with Gasteiger partial charge in [-0.15, -0.1) is 0 Å². The summed E-state index contributed by atoms with van der Waals surface area (Å²) in [6, 6.07) is 7.42. The van der Waals surface area contributed by atoms with Crippen molar-refractivity contribution in [2.45, 2.75) is 33.6 Å². The van der Waals surface area contributed by atoms with E-state index in [1.807, 2.05) is 31.2 Å². The van der Waals surface area contributed by atoms with Gasteiger partial charge in [-0.25, -0.2) is 0 Å². The van der Waals surface area contributed by atoms with E-state index in [2.05, 4.69) is 30.6 Å². The lowest BCUT2D eigenvalue weighted by atomic mass is 10.3. The van der Waals surface area contributed by atoms with Gasteiger partial charge in [0.15, 0.2) is 0 Å². The normalized spacial score (nSPS) is 10.5. The molecule has 0 aliphatic heterocycles. The molecular formula is C18H28N2O2. The Morgan fingerprint density at radius 2 is 1.77 bits per heavy atom. The Labute approximate surface area is 134 Å². The van der Waals surface area contributed by atoms with Gasteiger partial charge in [0.2, 0.25) is 5.91 Å². The van der Waals surface area contributed by atoms with Crippen LogP contribution in [-0.4, -0.2) is 37.0 Å². The number of rotatable bonds is 10. The zero-order valence-electron chi connectivity index (χ0n) is 14.0. The van der Waals surface area contributed by atoms with E-state index in [1.54, 1.807) is 0 Å². The second-order valence-electron chi connectivity index (χ2n) is 5.59. The molecule has 0 saturated carbocycles. The van der Waals surface area contributed by atoms with Crippen LogP contribution in [0.4, 0.5) is 5.69 Å². The molecule has 0 spiro atoms. The van der Waals surface area contributed by atoms with Gasteiger partial charge >= 0.3 is 0 Å². The molecule has 0 aromatic heterocycles. The lowest BCUT2D eigenvalue weighted by Gasteiger charge is -2.20. The zero-order valence-corrected chi connectivity index (χ0v) is 14.0. The molecule has 1 rings (SSSR count). The van der Waals surface area contributed by atoms with Crippen LogP contribution in [0.2, 0.25) is 0 Å². The third kappa shape index (κ3) is 7.27. The third-order valence-electron chi connectivity index (χ3n) is 3.07.